The maximum atomic E-state index is 12.2. The van der Waals surface area contributed by atoms with Gasteiger partial charge in [-0.25, -0.2) is 4.98 Å². The first kappa shape index (κ1) is 14.2. The van der Waals surface area contributed by atoms with Crippen LogP contribution in [0.4, 0.5) is 13.2 Å². The molecule has 0 aliphatic heterocycles. The molecule has 8 heteroatoms. The van der Waals surface area contributed by atoms with Crippen LogP contribution in [0.1, 0.15) is 16.7 Å². The predicted octanol–water partition coefficient (Wildman–Crippen LogP) is 1.37. The number of pyridine rings is 1. The van der Waals surface area contributed by atoms with E-state index in [9.17, 15) is 18.0 Å². The Morgan fingerprint density at radius 1 is 1.50 bits per heavy atom. The van der Waals surface area contributed by atoms with Crippen molar-refractivity contribution in [3.63, 3.8) is 0 Å². The van der Waals surface area contributed by atoms with Crippen molar-refractivity contribution < 1.29 is 27.8 Å². The Labute approximate surface area is 100 Å². The van der Waals surface area contributed by atoms with E-state index in [0.29, 0.717) is 11.1 Å². The molecule has 1 aromatic rings. The molecule has 0 spiro atoms. The van der Waals surface area contributed by atoms with E-state index in [-0.39, 0.29) is 12.1 Å². The Morgan fingerprint density at radius 3 is 2.56 bits per heavy atom. The van der Waals surface area contributed by atoms with Gasteiger partial charge in [-0.15, -0.1) is 13.2 Å². The van der Waals surface area contributed by atoms with Crippen LogP contribution in [0.15, 0.2) is 6.20 Å². The van der Waals surface area contributed by atoms with Gasteiger partial charge in [0.15, 0.2) is 0 Å². The van der Waals surface area contributed by atoms with Crippen LogP contribution in [0.5, 0.6) is 5.88 Å². The van der Waals surface area contributed by atoms with Gasteiger partial charge in [-0.1, -0.05) is 0 Å². The standard InChI is InChI=1S/C10H11F3N2O3/c1-5-4-15-9(18-10(11,12)13)6(2-8(16)17)7(5)3-14/h4H,2-3,14H2,1H3,(H,16,17). The molecule has 0 radical (unpaired) electrons. The third-order valence-corrected chi connectivity index (χ3v) is 2.22. The van der Waals surface area contributed by atoms with Crippen LogP contribution in [0.25, 0.3) is 0 Å². The number of carboxylic acid groups (broad SMARTS) is 1. The number of carboxylic acids is 1. The molecule has 5 nitrogen and oxygen atoms in total. The summed E-state index contributed by atoms with van der Waals surface area (Å²) in [4.78, 5) is 14.1. The van der Waals surface area contributed by atoms with E-state index >= 15 is 0 Å². The van der Waals surface area contributed by atoms with Gasteiger partial charge in [-0.3, -0.25) is 4.79 Å². The number of nitrogens with zero attached hydrogens (tertiary/aromatic N) is 1. The molecule has 0 bridgehead atoms. The first-order chi connectivity index (χ1) is 8.24. The predicted molar refractivity (Wildman–Crippen MR) is 54.9 cm³/mol. The molecule has 0 saturated carbocycles. The van der Waals surface area contributed by atoms with Crippen molar-refractivity contribution in [3.8, 4) is 5.88 Å². The third-order valence-electron chi connectivity index (χ3n) is 2.22. The van der Waals surface area contributed by atoms with E-state index < -0.39 is 24.6 Å². The topological polar surface area (TPSA) is 85.4 Å². The molecular formula is C10H11F3N2O3. The molecule has 18 heavy (non-hydrogen) atoms. The van der Waals surface area contributed by atoms with Crippen LogP contribution in [-0.4, -0.2) is 22.4 Å². The number of rotatable bonds is 4. The number of aryl methyl sites for hydroxylation is 1. The highest BCUT2D eigenvalue weighted by Crippen LogP contribution is 2.28. The molecule has 0 amide bonds. The number of aliphatic carboxylic acids is 1. The van der Waals surface area contributed by atoms with Crippen LogP contribution in [0, 0.1) is 6.92 Å². The fraction of sp³-hybridized carbons (Fsp3) is 0.400. The molecule has 0 atom stereocenters. The van der Waals surface area contributed by atoms with Gasteiger partial charge in [0.1, 0.15) is 0 Å². The molecule has 1 rings (SSSR count). The Morgan fingerprint density at radius 2 is 2.11 bits per heavy atom. The van der Waals surface area contributed by atoms with Crippen molar-refractivity contribution in [2.45, 2.75) is 26.3 Å². The van der Waals surface area contributed by atoms with E-state index in [1.165, 1.54) is 0 Å². The molecule has 0 aliphatic carbocycles. The summed E-state index contributed by atoms with van der Waals surface area (Å²) in [6, 6.07) is 0. The molecule has 1 heterocycles. The van der Waals surface area contributed by atoms with Gasteiger partial charge in [0.25, 0.3) is 0 Å². The van der Waals surface area contributed by atoms with Crippen molar-refractivity contribution in [2.75, 3.05) is 0 Å². The zero-order chi connectivity index (χ0) is 13.9. The number of halogens is 3. The second-order valence-electron chi connectivity index (χ2n) is 3.53. The van der Waals surface area contributed by atoms with Crippen LogP contribution in [-0.2, 0) is 17.8 Å². The maximum Gasteiger partial charge on any atom is 0.574 e. The first-order valence-corrected chi connectivity index (χ1v) is 4.89. The molecule has 0 fully saturated rings. The molecule has 0 unspecified atom stereocenters. The number of carbonyl (C=O) groups is 1. The SMILES string of the molecule is Cc1cnc(OC(F)(F)F)c(CC(=O)O)c1CN. The summed E-state index contributed by atoms with van der Waals surface area (Å²) in [6.45, 7) is 1.49. The number of nitrogens with two attached hydrogens (primary N) is 1. The van der Waals surface area contributed by atoms with E-state index in [4.69, 9.17) is 10.8 Å². The minimum Gasteiger partial charge on any atom is -0.481 e. The van der Waals surface area contributed by atoms with Crippen LogP contribution in [0.3, 0.4) is 0 Å². The van der Waals surface area contributed by atoms with Crippen molar-refractivity contribution in [1.29, 1.82) is 0 Å². The molecule has 0 saturated heterocycles. The summed E-state index contributed by atoms with van der Waals surface area (Å²) in [6.07, 6.45) is -4.40. The van der Waals surface area contributed by atoms with Crippen molar-refractivity contribution in [2.24, 2.45) is 5.73 Å². The Hall–Kier alpha value is -1.83. The summed E-state index contributed by atoms with van der Waals surface area (Å²) in [5, 5.41) is 8.70. The minimum atomic E-state index is -4.93. The second kappa shape index (κ2) is 5.21. The van der Waals surface area contributed by atoms with Crippen molar-refractivity contribution >= 4 is 5.97 Å². The van der Waals surface area contributed by atoms with Gasteiger partial charge in [0, 0.05) is 18.3 Å². The lowest BCUT2D eigenvalue weighted by atomic mass is 10.0. The average Bonchev–Trinajstić information content (AvgIpc) is 2.20. The van der Waals surface area contributed by atoms with Crippen LogP contribution < -0.4 is 10.5 Å². The Bertz CT molecular complexity index is 460. The summed E-state index contributed by atoms with van der Waals surface area (Å²) in [5.41, 5.74) is 6.07. The fourth-order valence-corrected chi connectivity index (χ4v) is 1.49. The molecular weight excluding hydrogens is 253 g/mol. The van der Waals surface area contributed by atoms with Gasteiger partial charge < -0.3 is 15.6 Å². The Kier molecular flexibility index (Phi) is 4.12. The number of aromatic nitrogens is 1. The largest absolute Gasteiger partial charge is 0.574 e. The number of hydrogen-bond acceptors (Lipinski definition) is 4. The van der Waals surface area contributed by atoms with E-state index in [1.807, 2.05) is 0 Å². The summed E-state index contributed by atoms with van der Waals surface area (Å²) >= 11 is 0. The van der Waals surface area contributed by atoms with Crippen molar-refractivity contribution in [1.82, 2.24) is 4.98 Å². The van der Waals surface area contributed by atoms with Crippen LogP contribution in [0.2, 0.25) is 0 Å². The van der Waals surface area contributed by atoms with Crippen LogP contribution >= 0.6 is 0 Å². The second-order valence-corrected chi connectivity index (χ2v) is 3.53. The van der Waals surface area contributed by atoms with Gasteiger partial charge in [-0.2, -0.15) is 0 Å². The number of ether oxygens (including phenoxy) is 1. The lowest BCUT2D eigenvalue weighted by Crippen LogP contribution is -2.21. The molecule has 3 N–H and O–H groups in total. The number of alkyl halides is 3. The highest BCUT2D eigenvalue weighted by molar-refractivity contribution is 5.72. The van der Waals surface area contributed by atoms with Gasteiger partial charge in [0.2, 0.25) is 5.88 Å². The van der Waals surface area contributed by atoms with E-state index in [2.05, 4.69) is 9.72 Å². The molecule has 0 aliphatic rings. The summed E-state index contributed by atoms with van der Waals surface area (Å²) in [5.74, 6) is -2.06. The molecule has 0 aromatic carbocycles. The third kappa shape index (κ3) is 3.59. The summed E-state index contributed by atoms with van der Waals surface area (Å²) < 4.78 is 40.2. The zero-order valence-corrected chi connectivity index (χ0v) is 9.41. The molecule has 1 aromatic heterocycles. The maximum absolute atomic E-state index is 12.2. The fourth-order valence-electron chi connectivity index (χ4n) is 1.49. The van der Waals surface area contributed by atoms with E-state index in [1.54, 1.807) is 6.92 Å². The van der Waals surface area contributed by atoms with Gasteiger partial charge in [0.05, 0.1) is 6.42 Å². The van der Waals surface area contributed by atoms with Crippen molar-refractivity contribution in [3.05, 3.63) is 22.9 Å². The number of hydrogen-bond donors (Lipinski definition) is 2. The average molecular weight is 264 g/mol. The highest BCUT2D eigenvalue weighted by Gasteiger charge is 2.33. The van der Waals surface area contributed by atoms with E-state index in [0.717, 1.165) is 6.20 Å². The highest BCUT2D eigenvalue weighted by atomic mass is 19.4. The minimum absolute atomic E-state index is 0.0921. The molecule has 100 valence electrons. The lowest BCUT2D eigenvalue weighted by molar-refractivity contribution is -0.276. The summed E-state index contributed by atoms with van der Waals surface area (Å²) in [7, 11) is 0. The zero-order valence-electron chi connectivity index (χ0n) is 9.41. The normalized spacial score (nSPS) is 11.4. The lowest BCUT2D eigenvalue weighted by Gasteiger charge is -2.15. The Balaban J connectivity index is 3.28. The monoisotopic (exact) mass is 264 g/mol. The first-order valence-electron chi connectivity index (χ1n) is 4.89. The van der Waals surface area contributed by atoms with Gasteiger partial charge >= 0.3 is 12.3 Å². The van der Waals surface area contributed by atoms with Gasteiger partial charge in [-0.05, 0) is 18.1 Å². The quantitative estimate of drug-likeness (QED) is 0.857. The smallest absolute Gasteiger partial charge is 0.481 e.